The fraction of sp³-hybridized carbons (Fsp3) is 0.211. The normalized spacial score (nSPS) is 18.8. The smallest absolute Gasteiger partial charge is 0.192 e. The van der Waals surface area contributed by atoms with Crippen molar-refractivity contribution in [3.63, 3.8) is 0 Å². The highest BCUT2D eigenvalue weighted by molar-refractivity contribution is 7.18. The highest BCUT2D eigenvalue weighted by Gasteiger charge is 2.39. The van der Waals surface area contributed by atoms with E-state index in [2.05, 4.69) is 21.4 Å². The first-order chi connectivity index (χ1) is 13.1. The van der Waals surface area contributed by atoms with E-state index in [1.807, 2.05) is 12.3 Å². The van der Waals surface area contributed by atoms with E-state index in [0.717, 1.165) is 37.9 Å². The predicted octanol–water partition coefficient (Wildman–Crippen LogP) is 5.37. The highest BCUT2D eigenvalue weighted by Crippen LogP contribution is 2.44. The number of anilines is 1. The molecule has 1 saturated carbocycles. The van der Waals surface area contributed by atoms with E-state index in [0.29, 0.717) is 5.82 Å². The maximum Gasteiger partial charge on any atom is 0.192 e. The van der Waals surface area contributed by atoms with Crippen LogP contribution in [-0.4, -0.2) is 21.0 Å². The maximum absolute atomic E-state index is 13.5. The minimum Gasteiger partial charge on any atom is -0.366 e. The topological polar surface area (TPSA) is 50.7 Å². The lowest BCUT2D eigenvalue weighted by molar-refractivity contribution is 0.507. The van der Waals surface area contributed by atoms with Gasteiger partial charge in [-0.2, -0.15) is 0 Å². The largest absolute Gasteiger partial charge is 0.366 e. The van der Waals surface area contributed by atoms with Crippen LogP contribution < -0.4 is 5.32 Å². The SMILES string of the molecule is Cc1cc2c(N[C@@H]3C[C@H]3c3ccc(F)c(F)c3)nc(-c3nccs3)nc2s1. The molecule has 0 bridgehead atoms. The Morgan fingerprint density at radius 1 is 1.15 bits per heavy atom. The Morgan fingerprint density at radius 3 is 2.81 bits per heavy atom. The average Bonchev–Trinajstić information content (AvgIpc) is 3.05. The summed E-state index contributed by atoms with van der Waals surface area (Å²) in [5.41, 5.74) is 0.804. The van der Waals surface area contributed by atoms with Crippen LogP contribution in [0.2, 0.25) is 0 Å². The summed E-state index contributed by atoms with van der Waals surface area (Å²) in [7, 11) is 0. The third kappa shape index (κ3) is 3.08. The number of aryl methyl sites for hydroxylation is 1. The van der Waals surface area contributed by atoms with Crippen LogP contribution in [0, 0.1) is 18.6 Å². The Bertz CT molecular complexity index is 1140. The Morgan fingerprint density at radius 2 is 2.04 bits per heavy atom. The van der Waals surface area contributed by atoms with Gasteiger partial charge in [0.25, 0.3) is 0 Å². The number of benzene rings is 1. The van der Waals surface area contributed by atoms with E-state index < -0.39 is 11.6 Å². The second-order valence-electron chi connectivity index (χ2n) is 6.58. The molecule has 1 aliphatic carbocycles. The number of fused-ring (bicyclic) bond motifs is 1. The number of thiophene rings is 1. The molecule has 1 aromatic carbocycles. The van der Waals surface area contributed by atoms with Gasteiger partial charge in [-0.25, -0.2) is 23.7 Å². The molecule has 0 radical (unpaired) electrons. The lowest BCUT2D eigenvalue weighted by Crippen LogP contribution is -2.07. The Kier molecular flexibility index (Phi) is 3.91. The second-order valence-corrected chi connectivity index (χ2v) is 8.70. The molecule has 4 aromatic rings. The molecule has 1 aliphatic rings. The monoisotopic (exact) mass is 400 g/mol. The molecule has 3 heterocycles. The summed E-state index contributed by atoms with van der Waals surface area (Å²) in [4.78, 5) is 15.7. The van der Waals surface area contributed by atoms with Gasteiger partial charge >= 0.3 is 0 Å². The van der Waals surface area contributed by atoms with Gasteiger partial charge in [-0.15, -0.1) is 22.7 Å². The van der Waals surface area contributed by atoms with E-state index in [-0.39, 0.29) is 12.0 Å². The molecule has 27 heavy (non-hydrogen) atoms. The molecule has 0 spiro atoms. The van der Waals surface area contributed by atoms with Crippen LogP contribution in [0.5, 0.6) is 0 Å². The number of aromatic nitrogens is 3. The van der Waals surface area contributed by atoms with Gasteiger partial charge < -0.3 is 5.32 Å². The molecule has 1 N–H and O–H groups in total. The van der Waals surface area contributed by atoms with Crippen LogP contribution in [0.25, 0.3) is 21.0 Å². The van der Waals surface area contributed by atoms with Crippen LogP contribution in [0.3, 0.4) is 0 Å². The van der Waals surface area contributed by atoms with Crippen molar-refractivity contribution in [2.45, 2.75) is 25.3 Å². The van der Waals surface area contributed by atoms with Crippen molar-refractivity contribution in [3.05, 3.63) is 57.9 Å². The Balaban J connectivity index is 1.47. The van der Waals surface area contributed by atoms with Crippen LogP contribution in [0.15, 0.2) is 35.8 Å². The highest BCUT2D eigenvalue weighted by atomic mass is 32.1. The van der Waals surface area contributed by atoms with E-state index in [9.17, 15) is 8.78 Å². The molecule has 136 valence electrons. The first kappa shape index (κ1) is 16.7. The fourth-order valence-corrected chi connectivity index (χ4v) is 4.67. The zero-order chi connectivity index (χ0) is 18.5. The molecule has 0 aliphatic heterocycles. The van der Waals surface area contributed by atoms with E-state index in [4.69, 9.17) is 4.98 Å². The van der Waals surface area contributed by atoms with Gasteiger partial charge in [-0.3, -0.25) is 0 Å². The Hall–Kier alpha value is -2.45. The first-order valence-electron chi connectivity index (χ1n) is 8.48. The van der Waals surface area contributed by atoms with E-state index in [1.54, 1.807) is 23.6 Å². The molecule has 5 rings (SSSR count). The number of nitrogens with one attached hydrogen (secondary N) is 1. The zero-order valence-electron chi connectivity index (χ0n) is 14.2. The number of hydrogen-bond donors (Lipinski definition) is 1. The molecule has 0 unspecified atom stereocenters. The standard InChI is InChI=1S/C19H14F2N4S2/c1-9-6-12-16(24-17(25-18(12)27-9)19-22-4-5-26-19)23-15-8-11(15)10-2-3-13(20)14(21)7-10/h2-7,11,15H,8H2,1H3,(H,23,24,25)/t11-,15+/m0/s1. The van der Waals surface area contributed by atoms with Crippen molar-refractivity contribution in [2.75, 3.05) is 5.32 Å². The number of hydrogen-bond acceptors (Lipinski definition) is 6. The number of halogens is 2. The summed E-state index contributed by atoms with van der Waals surface area (Å²) in [6.07, 6.45) is 2.59. The van der Waals surface area contributed by atoms with Crippen LogP contribution in [0.4, 0.5) is 14.6 Å². The molecule has 1 fully saturated rings. The summed E-state index contributed by atoms with van der Waals surface area (Å²) in [6, 6.07) is 6.33. The molecule has 3 aromatic heterocycles. The first-order valence-corrected chi connectivity index (χ1v) is 10.2. The molecule has 0 amide bonds. The molecule has 8 heteroatoms. The third-order valence-electron chi connectivity index (χ3n) is 4.62. The molecular weight excluding hydrogens is 386 g/mol. The molecule has 0 saturated heterocycles. The van der Waals surface area contributed by atoms with Crippen molar-refractivity contribution in [1.29, 1.82) is 0 Å². The van der Waals surface area contributed by atoms with Crippen molar-refractivity contribution < 1.29 is 8.78 Å². The lowest BCUT2D eigenvalue weighted by Gasteiger charge is -2.08. The predicted molar refractivity (Wildman–Crippen MR) is 104 cm³/mol. The summed E-state index contributed by atoms with van der Waals surface area (Å²) in [5, 5.41) is 7.13. The Labute approximate surface area is 162 Å². The fourth-order valence-electron chi connectivity index (χ4n) is 3.22. The third-order valence-corrected chi connectivity index (χ3v) is 6.34. The number of rotatable bonds is 4. The van der Waals surface area contributed by atoms with Gasteiger partial charge in [0.15, 0.2) is 22.5 Å². The van der Waals surface area contributed by atoms with Crippen molar-refractivity contribution in [2.24, 2.45) is 0 Å². The average molecular weight is 400 g/mol. The second kappa shape index (κ2) is 6.31. The molecular formula is C19H14F2N4S2. The van der Waals surface area contributed by atoms with Gasteiger partial charge in [0.1, 0.15) is 10.6 Å². The summed E-state index contributed by atoms with van der Waals surface area (Å²) in [6.45, 7) is 2.04. The number of nitrogens with zero attached hydrogens (tertiary/aromatic N) is 3. The van der Waals surface area contributed by atoms with Crippen molar-refractivity contribution in [3.8, 4) is 10.8 Å². The summed E-state index contributed by atoms with van der Waals surface area (Å²) >= 11 is 3.12. The van der Waals surface area contributed by atoms with Gasteiger partial charge in [0, 0.05) is 28.4 Å². The van der Waals surface area contributed by atoms with E-state index >= 15 is 0 Å². The lowest BCUT2D eigenvalue weighted by atomic mass is 10.1. The number of thiazole rings is 1. The van der Waals surface area contributed by atoms with Crippen molar-refractivity contribution in [1.82, 2.24) is 15.0 Å². The molecule has 2 atom stereocenters. The van der Waals surface area contributed by atoms with Crippen LogP contribution in [0.1, 0.15) is 22.8 Å². The maximum atomic E-state index is 13.5. The summed E-state index contributed by atoms with van der Waals surface area (Å²) in [5.74, 6) is -0.102. The quantitative estimate of drug-likeness (QED) is 0.500. The van der Waals surface area contributed by atoms with Gasteiger partial charge in [0.2, 0.25) is 0 Å². The van der Waals surface area contributed by atoms with Gasteiger partial charge in [0.05, 0.1) is 5.39 Å². The van der Waals surface area contributed by atoms with Crippen molar-refractivity contribution >= 4 is 38.7 Å². The van der Waals surface area contributed by atoms with Crippen LogP contribution >= 0.6 is 22.7 Å². The minimum atomic E-state index is -0.816. The molecule has 4 nitrogen and oxygen atoms in total. The zero-order valence-corrected chi connectivity index (χ0v) is 15.9. The van der Waals surface area contributed by atoms with Crippen LogP contribution in [-0.2, 0) is 0 Å². The minimum absolute atomic E-state index is 0.136. The van der Waals surface area contributed by atoms with E-state index in [1.165, 1.54) is 23.5 Å². The van der Waals surface area contributed by atoms with Gasteiger partial charge in [-0.05, 0) is 37.1 Å². The van der Waals surface area contributed by atoms with Gasteiger partial charge in [-0.1, -0.05) is 6.07 Å². The summed E-state index contributed by atoms with van der Waals surface area (Å²) < 4.78 is 26.7.